The van der Waals surface area contributed by atoms with Crippen molar-refractivity contribution in [1.29, 1.82) is 0 Å². The number of thiophene rings is 1. The van der Waals surface area contributed by atoms with Gasteiger partial charge in [-0.2, -0.15) is 0 Å². The van der Waals surface area contributed by atoms with Crippen molar-refractivity contribution in [3.8, 4) is 0 Å². The average molecular weight is 461 g/mol. The second-order valence-corrected chi connectivity index (χ2v) is 11.3. The molecule has 0 aliphatic heterocycles. The summed E-state index contributed by atoms with van der Waals surface area (Å²) in [5.74, 6) is 0.206. The number of anilines is 2. The zero-order valence-electron chi connectivity index (χ0n) is 20.0. The molecule has 0 radical (unpaired) electrons. The first-order valence-corrected chi connectivity index (χ1v) is 12.3. The van der Waals surface area contributed by atoms with Gasteiger partial charge >= 0.3 is 0 Å². The molecule has 4 nitrogen and oxygen atoms in total. The summed E-state index contributed by atoms with van der Waals surface area (Å²) in [4.78, 5) is 27.7. The molecule has 0 fully saturated rings. The summed E-state index contributed by atoms with van der Waals surface area (Å²) in [5.41, 5.74) is 5.38. The molecule has 2 aromatic carbocycles. The highest BCUT2D eigenvalue weighted by Gasteiger charge is 2.34. The second-order valence-electron chi connectivity index (χ2n) is 10.2. The Balaban J connectivity index is 1.69. The molecule has 1 unspecified atom stereocenters. The van der Waals surface area contributed by atoms with E-state index < -0.39 is 0 Å². The maximum atomic E-state index is 13.5. The zero-order valence-corrected chi connectivity index (χ0v) is 20.9. The van der Waals surface area contributed by atoms with Crippen molar-refractivity contribution in [2.45, 2.75) is 53.9 Å². The van der Waals surface area contributed by atoms with E-state index >= 15 is 0 Å². The smallest absolute Gasteiger partial charge is 0.258 e. The summed E-state index contributed by atoms with van der Waals surface area (Å²) in [6, 6.07) is 15.3. The van der Waals surface area contributed by atoms with Crippen LogP contribution in [0.5, 0.6) is 0 Å². The number of benzene rings is 2. The van der Waals surface area contributed by atoms with Crippen LogP contribution in [0.4, 0.5) is 10.7 Å². The van der Waals surface area contributed by atoms with E-state index in [-0.39, 0.29) is 17.2 Å². The van der Waals surface area contributed by atoms with Gasteiger partial charge in [0.15, 0.2) is 0 Å². The van der Waals surface area contributed by atoms with Gasteiger partial charge in [-0.05, 0) is 79.8 Å². The predicted octanol–water partition coefficient (Wildman–Crippen LogP) is 7.02. The van der Waals surface area contributed by atoms with Gasteiger partial charge in [0.05, 0.1) is 5.56 Å². The Labute approximate surface area is 200 Å². The Kier molecular flexibility index (Phi) is 6.44. The van der Waals surface area contributed by atoms with E-state index in [0.29, 0.717) is 22.0 Å². The first-order valence-electron chi connectivity index (χ1n) is 11.5. The summed E-state index contributed by atoms with van der Waals surface area (Å²) >= 11 is 1.56. The first kappa shape index (κ1) is 23.2. The minimum atomic E-state index is -0.186. The zero-order chi connectivity index (χ0) is 23.8. The lowest BCUT2D eigenvalue weighted by Gasteiger charge is -2.33. The van der Waals surface area contributed by atoms with Crippen LogP contribution in [0.1, 0.15) is 69.5 Å². The Hall–Kier alpha value is -2.92. The molecule has 33 heavy (non-hydrogen) atoms. The van der Waals surface area contributed by atoms with Crippen LogP contribution in [-0.4, -0.2) is 11.8 Å². The maximum absolute atomic E-state index is 13.5. The van der Waals surface area contributed by atoms with Gasteiger partial charge in [-0.1, -0.05) is 50.6 Å². The Morgan fingerprint density at radius 1 is 0.939 bits per heavy atom. The minimum absolute atomic E-state index is 0.160. The lowest BCUT2D eigenvalue weighted by Crippen LogP contribution is -2.27. The van der Waals surface area contributed by atoms with Crippen LogP contribution in [0.15, 0.2) is 48.5 Å². The quantitative estimate of drug-likeness (QED) is 0.439. The third-order valence-corrected chi connectivity index (χ3v) is 7.67. The fourth-order valence-electron chi connectivity index (χ4n) is 4.53. The van der Waals surface area contributed by atoms with Gasteiger partial charge in [0, 0.05) is 16.1 Å². The van der Waals surface area contributed by atoms with E-state index in [1.54, 1.807) is 17.4 Å². The van der Waals surface area contributed by atoms with Crippen LogP contribution in [0.3, 0.4) is 0 Å². The maximum Gasteiger partial charge on any atom is 0.258 e. The van der Waals surface area contributed by atoms with E-state index in [1.807, 2.05) is 56.3 Å². The van der Waals surface area contributed by atoms with Gasteiger partial charge in [0.2, 0.25) is 0 Å². The summed E-state index contributed by atoms with van der Waals surface area (Å²) in [6.45, 7) is 10.8. The standard InChI is InChI=1S/C28H32N2O2S/c1-17-8-6-10-19(14-17)25(31)30-27-24(26(32)29-21-11-7-9-18(2)15-21)22-13-12-20(28(3,4)5)16-23(22)33-27/h6-11,14-15,20H,12-13,16H2,1-5H3,(H,29,32)(H,30,31). The van der Waals surface area contributed by atoms with Crippen molar-refractivity contribution in [3.05, 3.63) is 81.2 Å². The molecule has 1 aliphatic carbocycles. The van der Waals surface area contributed by atoms with Crippen molar-refractivity contribution in [3.63, 3.8) is 0 Å². The number of nitrogens with one attached hydrogen (secondary N) is 2. The van der Waals surface area contributed by atoms with E-state index in [9.17, 15) is 9.59 Å². The number of hydrogen-bond acceptors (Lipinski definition) is 3. The molecule has 3 aromatic rings. The highest BCUT2D eigenvalue weighted by molar-refractivity contribution is 7.17. The van der Waals surface area contributed by atoms with Gasteiger partial charge < -0.3 is 10.6 Å². The number of carbonyl (C=O) groups is 2. The highest BCUT2D eigenvalue weighted by Crippen LogP contribution is 2.44. The fraction of sp³-hybridized carbons (Fsp3) is 0.357. The molecule has 2 amide bonds. The van der Waals surface area contributed by atoms with Gasteiger partial charge in [0.25, 0.3) is 11.8 Å². The van der Waals surface area contributed by atoms with E-state index in [4.69, 9.17) is 0 Å². The minimum Gasteiger partial charge on any atom is -0.322 e. The topological polar surface area (TPSA) is 58.2 Å². The number of rotatable bonds is 4. The lowest BCUT2D eigenvalue weighted by molar-refractivity contribution is 0.102. The molecule has 172 valence electrons. The summed E-state index contributed by atoms with van der Waals surface area (Å²) in [6.07, 6.45) is 2.84. The molecule has 0 bridgehead atoms. The summed E-state index contributed by atoms with van der Waals surface area (Å²) in [7, 11) is 0. The largest absolute Gasteiger partial charge is 0.322 e. The lowest BCUT2D eigenvalue weighted by atomic mass is 9.72. The number of hydrogen-bond donors (Lipinski definition) is 2. The summed E-state index contributed by atoms with van der Waals surface area (Å²) in [5, 5.41) is 6.76. The van der Waals surface area contributed by atoms with Crippen molar-refractivity contribution < 1.29 is 9.59 Å². The van der Waals surface area contributed by atoms with E-state index in [0.717, 1.165) is 41.6 Å². The molecular formula is C28H32N2O2S. The molecule has 0 saturated heterocycles. The third-order valence-electron chi connectivity index (χ3n) is 6.50. The average Bonchev–Trinajstić information content (AvgIpc) is 3.10. The van der Waals surface area contributed by atoms with Crippen LogP contribution in [0.2, 0.25) is 0 Å². The monoisotopic (exact) mass is 460 g/mol. The molecule has 4 rings (SSSR count). The number of fused-ring (bicyclic) bond motifs is 1. The number of aryl methyl sites for hydroxylation is 2. The third kappa shape index (κ3) is 5.19. The Morgan fingerprint density at radius 2 is 1.64 bits per heavy atom. The second kappa shape index (κ2) is 9.14. The van der Waals surface area contributed by atoms with Crippen LogP contribution in [-0.2, 0) is 12.8 Å². The van der Waals surface area contributed by atoms with Gasteiger partial charge in [-0.15, -0.1) is 11.3 Å². The molecule has 1 atom stereocenters. The van der Waals surface area contributed by atoms with E-state index in [2.05, 4.69) is 31.4 Å². The predicted molar refractivity (Wildman–Crippen MR) is 138 cm³/mol. The number of carbonyl (C=O) groups excluding carboxylic acids is 2. The van der Waals surface area contributed by atoms with Crippen LogP contribution in [0, 0.1) is 25.2 Å². The van der Waals surface area contributed by atoms with Gasteiger partial charge in [0.1, 0.15) is 5.00 Å². The van der Waals surface area contributed by atoms with Gasteiger partial charge in [-0.3, -0.25) is 9.59 Å². The summed E-state index contributed by atoms with van der Waals surface area (Å²) < 4.78 is 0. The van der Waals surface area contributed by atoms with Crippen molar-refractivity contribution in [1.82, 2.24) is 0 Å². The van der Waals surface area contributed by atoms with Crippen LogP contribution < -0.4 is 10.6 Å². The Morgan fingerprint density at radius 3 is 2.30 bits per heavy atom. The molecule has 1 heterocycles. The van der Waals surface area contributed by atoms with Crippen molar-refractivity contribution in [2.75, 3.05) is 10.6 Å². The van der Waals surface area contributed by atoms with Crippen LogP contribution >= 0.6 is 11.3 Å². The SMILES string of the molecule is Cc1cccc(NC(=O)c2c(NC(=O)c3cccc(C)c3)sc3c2CCC(C(C)(C)C)C3)c1. The Bertz CT molecular complexity index is 1200. The molecule has 5 heteroatoms. The van der Waals surface area contributed by atoms with Crippen molar-refractivity contribution in [2.24, 2.45) is 11.3 Å². The molecule has 1 aliphatic rings. The van der Waals surface area contributed by atoms with E-state index in [1.165, 1.54) is 4.88 Å². The van der Waals surface area contributed by atoms with Gasteiger partial charge in [-0.25, -0.2) is 0 Å². The molecule has 0 saturated carbocycles. The van der Waals surface area contributed by atoms with Crippen molar-refractivity contribution >= 4 is 33.8 Å². The molecule has 1 aromatic heterocycles. The fourth-order valence-corrected chi connectivity index (χ4v) is 5.85. The molecule has 0 spiro atoms. The normalized spacial score (nSPS) is 15.6. The number of amides is 2. The molecular weight excluding hydrogens is 428 g/mol. The highest BCUT2D eigenvalue weighted by atomic mass is 32.1. The molecule has 2 N–H and O–H groups in total. The van der Waals surface area contributed by atoms with Crippen LogP contribution in [0.25, 0.3) is 0 Å². The first-order chi connectivity index (χ1) is 15.6.